The molecule has 0 amide bonds. The maximum absolute atomic E-state index is 14.0. The highest BCUT2D eigenvalue weighted by Crippen LogP contribution is 2.39. The van der Waals surface area contributed by atoms with Crippen molar-refractivity contribution in [1.82, 2.24) is 9.97 Å². The predicted octanol–water partition coefficient (Wildman–Crippen LogP) is 3.23. The third kappa shape index (κ3) is 2.43. The molecular formula is C15H17FN4. The zero-order valence-electron chi connectivity index (χ0n) is 11.4. The zero-order chi connectivity index (χ0) is 14.1. The van der Waals surface area contributed by atoms with Gasteiger partial charge in [0.25, 0.3) is 0 Å². The summed E-state index contributed by atoms with van der Waals surface area (Å²) >= 11 is 0. The molecule has 0 bridgehead atoms. The van der Waals surface area contributed by atoms with Crippen LogP contribution < -0.4 is 10.6 Å². The van der Waals surface area contributed by atoms with Gasteiger partial charge in [-0.15, -0.1) is 0 Å². The number of hydrogen-bond acceptors (Lipinski definition) is 4. The lowest BCUT2D eigenvalue weighted by molar-refractivity contribution is 0.625. The number of para-hydroxylation sites is 1. The van der Waals surface area contributed by atoms with Crippen molar-refractivity contribution in [2.24, 2.45) is 0 Å². The maximum Gasteiger partial charge on any atom is 0.146 e. The topological polar surface area (TPSA) is 55.0 Å². The number of benzene rings is 1. The molecule has 2 aromatic rings. The number of nitrogens with two attached hydrogens (primary N) is 1. The lowest BCUT2D eigenvalue weighted by Crippen LogP contribution is -2.20. The standard InChI is InChI=1S/C15H17FN4/c1-2-20(12-6-4-3-5-11(12)16)14-9-13(17)18-15(19-14)10-7-8-10/h3-6,9-10H,2,7-8H2,1H3,(H2,17,18,19). The smallest absolute Gasteiger partial charge is 0.146 e. The second-order valence-electron chi connectivity index (χ2n) is 4.98. The Morgan fingerprint density at radius 3 is 2.70 bits per heavy atom. The molecule has 5 heteroatoms. The van der Waals surface area contributed by atoms with Crippen LogP contribution in [0.5, 0.6) is 0 Å². The van der Waals surface area contributed by atoms with E-state index in [1.165, 1.54) is 6.07 Å². The third-order valence-electron chi connectivity index (χ3n) is 3.43. The summed E-state index contributed by atoms with van der Waals surface area (Å²) in [7, 11) is 0. The fraction of sp³-hybridized carbons (Fsp3) is 0.333. The van der Waals surface area contributed by atoms with E-state index in [9.17, 15) is 4.39 Å². The Kier molecular flexibility index (Phi) is 3.26. The molecule has 1 aliphatic carbocycles. The van der Waals surface area contributed by atoms with E-state index >= 15 is 0 Å². The molecule has 0 spiro atoms. The first kappa shape index (κ1) is 12.8. The van der Waals surface area contributed by atoms with Crippen LogP contribution >= 0.6 is 0 Å². The number of nitrogens with zero attached hydrogens (tertiary/aromatic N) is 3. The summed E-state index contributed by atoms with van der Waals surface area (Å²) in [6.45, 7) is 2.57. The van der Waals surface area contributed by atoms with Crippen LogP contribution in [0.3, 0.4) is 0 Å². The Morgan fingerprint density at radius 2 is 2.05 bits per heavy atom. The van der Waals surface area contributed by atoms with Gasteiger partial charge < -0.3 is 10.6 Å². The van der Waals surface area contributed by atoms with E-state index in [0.29, 0.717) is 29.8 Å². The third-order valence-corrected chi connectivity index (χ3v) is 3.43. The van der Waals surface area contributed by atoms with E-state index in [4.69, 9.17) is 5.73 Å². The summed E-state index contributed by atoms with van der Waals surface area (Å²) in [5, 5.41) is 0. The van der Waals surface area contributed by atoms with E-state index in [1.807, 2.05) is 17.9 Å². The summed E-state index contributed by atoms with van der Waals surface area (Å²) in [6.07, 6.45) is 2.21. The van der Waals surface area contributed by atoms with Crippen LogP contribution in [-0.4, -0.2) is 16.5 Å². The number of nitrogen functional groups attached to an aromatic ring is 1. The van der Waals surface area contributed by atoms with Gasteiger partial charge >= 0.3 is 0 Å². The van der Waals surface area contributed by atoms with E-state index in [0.717, 1.165) is 18.7 Å². The van der Waals surface area contributed by atoms with Crippen LogP contribution in [0.25, 0.3) is 0 Å². The first-order valence-electron chi connectivity index (χ1n) is 6.85. The van der Waals surface area contributed by atoms with Crippen molar-refractivity contribution in [3.05, 3.63) is 42.0 Å². The van der Waals surface area contributed by atoms with Gasteiger partial charge in [-0.1, -0.05) is 12.1 Å². The Morgan fingerprint density at radius 1 is 1.30 bits per heavy atom. The van der Waals surface area contributed by atoms with E-state index < -0.39 is 0 Å². The van der Waals surface area contributed by atoms with Gasteiger partial charge in [0.2, 0.25) is 0 Å². The van der Waals surface area contributed by atoms with Crippen molar-refractivity contribution in [2.75, 3.05) is 17.2 Å². The van der Waals surface area contributed by atoms with E-state index in [1.54, 1.807) is 18.2 Å². The molecule has 0 atom stereocenters. The van der Waals surface area contributed by atoms with Gasteiger partial charge in [-0.3, -0.25) is 0 Å². The Balaban J connectivity index is 2.03. The second kappa shape index (κ2) is 5.07. The molecular weight excluding hydrogens is 255 g/mol. The minimum Gasteiger partial charge on any atom is -0.384 e. The number of aromatic nitrogens is 2. The molecule has 2 N–H and O–H groups in total. The summed E-state index contributed by atoms with van der Waals surface area (Å²) in [6, 6.07) is 8.38. The summed E-state index contributed by atoms with van der Waals surface area (Å²) in [5.41, 5.74) is 6.37. The van der Waals surface area contributed by atoms with Crippen molar-refractivity contribution >= 4 is 17.3 Å². The molecule has 0 aliphatic heterocycles. The molecule has 20 heavy (non-hydrogen) atoms. The Bertz CT molecular complexity index is 625. The highest BCUT2D eigenvalue weighted by molar-refractivity contribution is 5.62. The average molecular weight is 272 g/mol. The SMILES string of the molecule is CCN(c1cc(N)nc(C2CC2)n1)c1ccccc1F. The number of anilines is 3. The van der Waals surface area contributed by atoms with Crippen LogP contribution in [0.1, 0.15) is 31.5 Å². The molecule has 1 aliphatic rings. The number of hydrogen-bond donors (Lipinski definition) is 1. The van der Waals surface area contributed by atoms with Crippen molar-refractivity contribution in [2.45, 2.75) is 25.7 Å². The molecule has 1 saturated carbocycles. The summed E-state index contributed by atoms with van der Waals surface area (Å²) < 4.78 is 14.0. The van der Waals surface area contributed by atoms with Gasteiger partial charge in [0.15, 0.2) is 0 Å². The van der Waals surface area contributed by atoms with Crippen LogP contribution in [0, 0.1) is 5.82 Å². The Labute approximate surface area is 117 Å². The molecule has 104 valence electrons. The van der Waals surface area contributed by atoms with Crippen molar-refractivity contribution in [3.63, 3.8) is 0 Å². The highest BCUT2D eigenvalue weighted by atomic mass is 19.1. The minimum absolute atomic E-state index is 0.264. The fourth-order valence-corrected chi connectivity index (χ4v) is 2.26. The average Bonchev–Trinajstić information content (AvgIpc) is 3.25. The minimum atomic E-state index is -0.264. The fourth-order valence-electron chi connectivity index (χ4n) is 2.26. The van der Waals surface area contributed by atoms with E-state index in [2.05, 4.69) is 9.97 Å². The van der Waals surface area contributed by atoms with Gasteiger partial charge in [0.1, 0.15) is 23.3 Å². The van der Waals surface area contributed by atoms with E-state index in [-0.39, 0.29) is 5.82 Å². The molecule has 4 nitrogen and oxygen atoms in total. The highest BCUT2D eigenvalue weighted by Gasteiger charge is 2.28. The van der Waals surface area contributed by atoms with Gasteiger partial charge in [-0.2, -0.15) is 0 Å². The molecule has 1 aromatic heterocycles. The summed E-state index contributed by atoms with van der Waals surface area (Å²) in [5.74, 6) is 2.02. The van der Waals surface area contributed by atoms with Gasteiger partial charge in [-0.25, -0.2) is 14.4 Å². The molecule has 0 saturated heterocycles. The van der Waals surface area contributed by atoms with Crippen molar-refractivity contribution in [1.29, 1.82) is 0 Å². The summed E-state index contributed by atoms with van der Waals surface area (Å²) in [4.78, 5) is 10.6. The van der Waals surface area contributed by atoms with Crippen LogP contribution in [-0.2, 0) is 0 Å². The van der Waals surface area contributed by atoms with Crippen LogP contribution in [0.4, 0.5) is 21.7 Å². The van der Waals surface area contributed by atoms with Crippen LogP contribution in [0.2, 0.25) is 0 Å². The first-order valence-corrected chi connectivity index (χ1v) is 6.85. The predicted molar refractivity (Wildman–Crippen MR) is 77.5 cm³/mol. The lowest BCUT2D eigenvalue weighted by Gasteiger charge is -2.23. The van der Waals surface area contributed by atoms with Gasteiger partial charge in [0, 0.05) is 18.5 Å². The van der Waals surface area contributed by atoms with Gasteiger partial charge in [0.05, 0.1) is 5.69 Å². The molecule has 1 aromatic carbocycles. The van der Waals surface area contributed by atoms with Crippen LogP contribution in [0.15, 0.2) is 30.3 Å². The normalized spacial score (nSPS) is 14.3. The number of halogens is 1. The molecule has 1 fully saturated rings. The largest absolute Gasteiger partial charge is 0.384 e. The van der Waals surface area contributed by atoms with Gasteiger partial charge in [-0.05, 0) is 31.9 Å². The lowest BCUT2D eigenvalue weighted by atomic mass is 10.2. The quantitative estimate of drug-likeness (QED) is 0.928. The second-order valence-corrected chi connectivity index (χ2v) is 4.98. The number of rotatable bonds is 4. The first-order chi connectivity index (χ1) is 9.69. The molecule has 3 rings (SSSR count). The zero-order valence-corrected chi connectivity index (χ0v) is 11.4. The molecule has 1 heterocycles. The molecule has 0 unspecified atom stereocenters. The Hall–Kier alpha value is -2.17. The van der Waals surface area contributed by atoms with Crippen molar-refractivity contribution in [3.8, 4) is 0 Å². The van der Waals surface area contributed by atoms with Crippen molar-refractivity contribution < 1.29 is 4.39 Å². The molecule has 0 radical (unpaired) electrons. The maximum atomic E-state index is 14.0. The monoisotopic (exact) mass is 272 g/mol.